The Morgan fingerprint density at radius 2 is 1.73 bits per heavy atom. The Morgan fingerprint density at radius 3 is 2.40 bits per heavy atom. The van der Waals surface area contributed by atoms with Crippen LogP contribution in [0.15, 0.2) is 75.3 Å². The molecule has 0 aliphatic carbocycles. The predicted octanol–water partition coefficient (Wildman–Crippen LogP) is 5.63. The molecule has 152 valence electrons. The van der Waals surface area contributed by atoms with E-state index in [-0.39, 0.29) is 6.03 Å². The number of carbonyl (C=O) groups is 1. The number of carbonyl (C=O) groups excluding carboxylic acids is 1. The summed E-state index contributed by atoms with van der Waals surface area (Å²) in [7, 11) is 0. The van der Waals surface area contributed by atoms with Crippen LogP contribution in [0.5, 0.6) is 0 Å². The first kappa shape index (κ1) is 20.4. The zero-order chi connectivity index (χ0) is 20.9. The zero-order valence-electron chi connectivity index (χ0n) is 16.2. The van der Waals surface area contributed by atoms with Crippen molar-refractivity contribution < 1.29 is 4.79 Å². The van der Waals surface area contributed by atoms with Gasteiger partial charge in [0.1, 0.15) is 11.4 Å². The largest absolute Gasteiger partial charge is 0.323 e. The number of hydrogen-bond donors (Lipinski definition) is 2. The van der Waals surface area contributed by atoms with Gasteiger partial charge >= 0.3 is 6.03 Å². The van der Waals surface area contributed by atoms with Gasteiger partial charge in [0, 0.05) is 26.4 Å². The smallest absolute Gasteiger partial charge is 0.308 e. The number of fused-ring (bicyclic) bond motifs is 1. The fourth-order valence-electron chi connectivity index (χ4n) is 2.84. The average molecular weight is 483 g/mol. The van der Waals surface area contributed by atoms with Crippen LogP contribution in [0, 0.1) is 0 Å². The van der Waals surface area contributed by atoms with E-state index in [1.54, 1.807) is 16.3 Å². The Kier molecular flexibility index (Phi) is 6.29. The number of aryl methyl sites for hydroxylation is 1. The Balaban J connectivity index is 1.44. The standard InChI is InChI=1S/C21H19BrN6OS/c1-2-3-17-12-19(28-20(25-17)23-13-24-28)30-18-10-8-16(9-11-18)27-21(29)26-15-6-4-14(22)5-7-15/h4-13H,2-3H2,1H3,(H2,26,27,29). The highest BCUT2D eigenvalue weighted by Crippen LogP contribution is 2.29. The minimum absolute atomic E-state index is 0.291. The third-order valence-corrected chi connectivity index (χ3v) is 5.75. The van der Waals surface area contributed by atoms with Gasteiger partial charge in [-0.15, -0.1) is 0 Å². The molecule has 4 aromatic rings. The van der Waals surface area contributed by atoms with Gasteiger partial charge in [-0.2, -0.15) is 14.6 Å². The van der Waals surface area contributed by atoms with Gasteiger partial charge in [-0.05, 0) is 61.0 Å². The van der Waals surface area contributed by atoms with Crippen molar-refractivity contribution in [3.05, 3.63) is 71.1 Å². The van der Waals surface area contributed by atoms with E-state index in [9.17, 15) is 4.79 Å². The van der Waals surface area contributed by atoms with Crippen LogP contribution in [0.3, 0.4) is 0 Å². The van der Waals surface area contributed by atoms with Gasteiger partial charge in [0.15, 0.2) is 0 Å². The molecule has 2 heterocycles. The molecule has 30 heavy (non-hydrogen) atoms. The van der Waals surface area contributed by atoms with Crippen molar-refractivity contribution in [3.8, 4) is 0 Å². The highest BCUT2D eigenvalue weighted by Gasteiger charge is 2.10. The summed E-state index contributed by atoms with van der Waals surface area (Å²) in [6, 6.07) is 16.8. The van der Waals surface area contributed by atoms with E-state index in [4.69, 9.17) is 0 Å². The molecule has 0 saturated heterocycles. The summed E-state index contributed by atoms with van der Waals surface area (Å²) in [6.45, 7) is 2.13. The molecule has 4 rings (SSSR count). The quantitative estimate of drug-likeness (QED) is 0.347. The number of halogens is 1. The van der Waals surface area contributed by atoms with Crippen LogP contribution in [-0.2, 0) is 6.42 Å². The number of benzene rings is 2. The second-order valence-electron chi connectivity index (χ2n) is 6.52. The van der Waals surface area contributed by atoms with Gasteiger partial charge in [0.05, 0.1) is 0 Å². The van der Waals surface area contributed by atoms with Crippen LogP contribution in [0.25, 0.3) is 5.78 Å². The minimum Gasteiger partial charge on any atom is -0.308 e. The molecule has 0 aliphatic rings. The van der Waals surface area contributed by atoms with Crippen molar-refractivity contribution in [2.45, 2.75) is 29.7 Å². The molecule has 0 aliphatic heterocycles. The van der Waals surface area contributed by atoms with E-state index in [1.807, 2.05) is 54.6 Å². The van der Waals surface area contributed by atoms with Gasteiger partial charge in [0.2, 0.25) is 0 Å². The second kappa shape index (κ2) is 9.27. The number of amides is 2. The van der Waals surface area contributed by atoms with Crippen molar-refractivity contribution >= 4 is 50.9 Å². The van der Waals surface area contributed by atoms with Crippen LogP contribution in [0.4, 0.5) is 16.2 Å². The van der Waals surface area contributed by atoms with E-state index < -0.39 is 0 Å². The van der Waals surface area contributed by atoms with Crippen molar-refractivity contribution in [1.82, 2.24) is 19.6 Å². The first-order valence-electron chi connectivity index (χ1n) is 9.42. The van der Waals surface area contributed by atoms with Crippen LogP contribution in [-0.4, -0.2) is 25.6 Å². The highest BCUT2D eigenvalue weighted by molar-refractivity contribution is 9.10. The Morgan fingerprint density at radius 1 is 1.07 bits per heavy atom. The molecule has 0 unspecified atom stereocenters. The van der Waals surface area contributed by atoms with E-state index in [0.717, 1.165) is 38.6 Å². The molecule has 2 aromatic carbocycles. The summed E-state index contributed by atoms with van der Waals surface area (Å²) < 4.78 is 2.70. The first-order valence-corrected chi connectivity index (χ1v) is 11.0. The lowest BCUT2D eigenvalue weighted by Gasteiger charge is -2.09. The summed E-state index contributed by atoms with van der Waals surface area (Å²) in [5.41, 5.74) is 2.44. The number of nitrogens with one attached hydrogen (secondary N) is 2. The van der Waals surface area contributed by atoms with Gasteiger partial charge in [-0.1, -0.05) is 41.0 Å². The van der Waals surface area contributed by atoms with Crippen LogP contribution >= 0.6 is 27.7 Å². The Bertz CT molecular complexity index is 1160. The summed E-state index contributed by atoms with van der Waals surface area (Å²) in [5, 5.41) is 10.9. The maximum Gasteiger partial charge on any atom is 0.323 e. The Labute approximate surface area is 186 Å². The lowest BCUT2D eigenvalue weighted by Crippen LogP contribution is -2.19. The molecule has 9 heteroatoms. The van der Waals surface area contributed by atoms with Gasteiger partial charge < -0.3 is 10.6 Å². The molecule has 0 atom stereocenters. The number of urea groups is 1. The van der Waals surface area contributed by atoms with E-state index >= 15 is 0 Å². The van der Waals surface area contributed by atoms with Crippen molar-refractivity contribution in [1.29, 1.82) is 0 Å². The molecule has 0 bridgehead atoms. The lowest BCUT2D eigenvalue weighted by atomic mass is 10.2. The summed E-state index contributed by atoms with van der Waals surface area (Å²) >= 11 is 4.96. The fraction of sp³-hybridized carbons (Fsp3) is 0.143. The van der Waals surface area contributed by atoms with E-state index in [0.29, 0.717) is 11.5 Å². The molecule has 2 N–H and O–H groups in total. The van der Waals surface area contributed by atoms with Crippen molar-refractivity contribution in [2.24, 2.45) is 0 Å². The number of hydrogen-bond acceptors (Lipinski definition) is 5. The summed E-state index contributed by atoms with van der Waals surface area (Å²) in [4.78, 5) is 22.0. The molecule has 7 nitrogen and oxygen atoms in total. The van der Waals surface area contributed by atoms with E-state index in [1.165, 1.54) is 6.33 Å². The number of anilines is 2. The Hall–Kier alpha value is -2.91. The average Bonchev–Trinajstić information content (AvgIpc) is 3.20. The summed E-state index contributed by atoms with van der Waals surface area (Å²) in [6.07, 6.45) is 3.43. The maximum absolute atomic E-state index is 12.2. The number of nitrogens with zero attached hydrogens (tertiary/aromatic N) is 4. The molecular formula is C21H19BrN6OS. The van der Waals surface area contributed by atoms with Crippen molar-refractivity contribution in [3.63, 3.8) is 0 Å². The van der Waals surface area contributed by atoms with Crippen LogP contribution < -0.4 is 10.6 Å². The van der Waals surface area contributed by atoms with Crippen molar-refractivity contribution in [2.75, 3.05) is 10.6 Å². The third kappa shape index (κ3) is 4.98. The molecule has 0 fully saturated rings. The topological polar surface area (TPSA) is 84.2 Å². The second-order valence-corrected chi connectivity index (χ2v) is 8.53. The van der Waals surface area contributed by atoms with Gasteiger partial charge in [-0.25, -0.2) is 9.78 Å². The molecular weight excluding hydrogens is 464 g/mol. The summed E-state index contributed by atoms with van der Waals surface area (Å²) in [5.74, 6) is 0.603. The maximum atomic E-state index is 12.2. The lowest BCUT2D eigenvalue weighted by molar-refractivity contribution is 0.262. The SMILES string of the molecule is CCCc1cc(Sc2ccc(NC(=O)Nc3ccc(Br)cc3)cc2)n2ncnc2n1. The van der Waals surface area contributed by atoms with Gasteiger partial charge in [0.25, 0.3) is 5.78 Å². The van der Waals surface area contributed by atoms with Crippen LogP contribution in [0.2, 0.25) is 0 Å². The molecule has 0 radical (unpaired) electrons. The molecule has 2 aromatic heterocycles. The molecule has 0 saturated carbocycles. The predicted molar refractivity (Wildman–Crippen MR) is 122 cm³/mol. The third-order valence-electron chi connectivity index (χ3n) is 4.22. The monoisotopic (exact) mass is 482 g/mol. The number of aromatic nitrogens is 4. The van der Waals surface area contributed by atoms with Gasteiger partial charge in [-0.3, -0.25) is 0 Å². The fourth-order valence-corrected chi connectivity index (χ4v) is 4.03. The molecule has 2 amide bonds. The zero-order valence-corrected chi connectivity index (χ0v) is 18.6. The number of rotatable bonds is 6. The first-order chi connectivity index (χ1) is 14.6. The minimum atomic E-state index is -0.291. The van der Waals surface area contributed by atoms with E-state index in [2.05, 4.69) is 48.6 Å². The molecule has 0 spiro atoms. The normalized spacial score (nSPS) is 10.9. The highest BCUT2D eigenvalue weighted by atomic mass is 79.9. The van der Waals surface area contributed by atoms with Crippen LogP contribution in [0.1, 0.15) is 19.0 Å².